The Morgan fingerprint density at radius 2 is 2.07 bits per heavy atom. The molecule has 2 N–H and O–H groups in total. The first-order valence-corrected chi connectivity index (χ1v) is 5.22. The molecule has 0 bridgehead atoms. The minimum atomic E-state index is -0.832. The summed E-state index contributed by atoms with van der Waals surface area (Å²) in [6.07, 6.45) is 1.61. The van der Waals surface area contributed by atoms with Gasteiger partial charge < -0.3 is 5.11 Å². The van der Waals surface area contributed by atoms with Crippen molar-refractivity contribution < 1.29 is 9.90 Å². The summed E-state index contributed by atoms with van der Waals surface area (Å²) in [5.41, 5.74) is 1.19. The third-order valence-corrected chi connectivity index (χ3v) is 2.51. The van der Waals surface area contributed by atoms with Crippen LogP contribution in [0.15, 0.2) is 30.3 Å². The summed E-state index contributed by atoms with van der Waals surface area (Å²) in [5.74, 6) is -0.832. The highest BCUT2D eigenvalue weighted by molar-refractivity contribution is 6.13. The van der Waals surface area contributed by atoms with Crippen molar-refractivity contribution >= 4 is 17.7 Å². The first kappa shape index (κ1) is 12.0. The summed E-state index contributed by atoms with van der Waals surface area (Å²) >= 11 is 5.46. The van der Waals surface area contributed by atoms with Crippen LogP contribution in [0, 0.1) is 0 Å². The van der Waals surface area contributed by atoms with Gasteiger partial charge in [0.15, 0.2) is 0 Å². The van der Waals surface area contributed by atoms with Crippen LogP contribution in [0.4, 0.5) is 0 Å². The fraction of sp³-hybridized carbons (Fsp3) is 0.364. The number of halogens is 1. The van der Waals surface area contributed by atoms with Crippen LogP contribution in [-0.4, -0.2) is 17.1 Å². The van der Waals surface area contributed by atoms with Gasteiger partial charge in [0.1, 0.15) is 0 Å². The standard InChI is InChI=1S/C11H14ClNO2/c12-13-10(8-11(14)15)7-6-9-4-2-1-3-5-9/h1-5,10,13H,6-8H2,(H,14,15). The molecular formula is C11H14ClNO2. The number of nitrogens with one attached hydrogen (secondary N) is 1. The molecule has 0 spiro atoms. The second-order valence-corrected chi connectivity index (χ2v) is 3.65. The van der Waals surface area contributed by atoms with E-state index in [4.69, 9.17) is 16.9 Å². The van der Waals surface area contributed by atoms with E-state index in [1.807, 2.05) is 30.3 Å². The number of aryl methyl sites for hydroxylation is 1. The molecule has 0 fully saturated rings. The van der Waals surface area contributed by atoms with Gasteiger partial charge >= 0.3 is 5.97 Å². The van der Waals surface area contributed by atoms with Gasteiger partial charge in [-0.3, -0.25) is 4.79 Å². The van der Waals surface area contributed by atoms with E-state index in [9.17, 15) is 4.79 Å². The first-order valence-electron chi connectivity index (χ1n) is 4.84. The Hall–Kier alpha value is -1.06. The molecule has 0 aromatic heterocycles. The maximum atomic E-state index is 10.5. The zero-order valence-corrected chi connectivity index (χ0v) is 9.07. The highest BCUT2D eigenvalue weighted by atomic mass is 35.5. The zero-order chi connectivity index (χ0) is 11.1. The topological polar surface area (TPSA) is 49.3 Å². The highest BCUT2D eigenvalue weighted by Gasteiger charge is 2.11. The van der Waals surface area contributed by atoms with E-state index in [0.717, 1.165) is 12.8 Å². The molecule has 82 valence electrons. The zero-order valence-electron chi connectivity index (χ0n) is 8.32. The fourth-order valence-corrected chi connectivity index (χ4v) is 1.58. The van der Waals surface area contributed by atoms with E-state index >= 15 is 0 Å². The number of carboxylic acids is 1. The molecule has 0 aliphatic rings. The van der Waals surface area contributed by atoms with E-state index in [2.05, 4.69) is 4.84 Å². The number of benzene rings is 1. The van der Waals surface area contributed by atoms with Crippen molar-refractivity contribution in [1.29, 1.82) is 0 Å². The molecule has 0 radical (unpaired) electrons. The first-order chi connectivity index (χ1) is 7.22. The Labute approximate surface area is 94.2 Å². The van der Waals surface area contributed by atoms with Crippen molar-refractivity contribution in [1.82, 2.24) is 4.84 Å². The predicted octanol–water partition coefficient (Wildman–Crippen LogP) is 2.21. The van der Waals surface area contributed by atoms with Gasteiger partial charge in [-0.2, -0.15) is 0 Å². The lowest BCUT2D eigenvalue weighted by molar-refractivity contribution is -0.137. The average molecular weight is 228 g/mol. The summed E-state index contributed by atoms with van der Waals surface area (Å²) in [4.78, 5) is 13.0. The summed E-state index contributed by atoms with van der Waals surface area (Å²) in [5, 5.41) is 8.61. The van der Waals surface area contributed by atoms with Crippen molar-refractivity contribution in [3.63, 3.8) is 0 Å². The van der Waals surface area contributed by atoms with Crippen molar-refractivity contribution in [2.24, 2.45) is 0 Å². The molecule has 0 saturated carbocycles. The summed E-state index contributed by atoms with van der Waals surface area (Å²) in [7, 11) is 0. The third kappa shape index (κ3) is 4.81. The predicted molar refractivity (Wildman–Crippen MR) is 59.8 cm³/mol. The van der Waals surface area contributed by atoms with Crippen LogP contribution >= 0.6 is 11.8 Å². The smallest absolute Gasteiger partial charge is 0.304 e. The lowest BCUT2D eigenvalue weighted by atomic mass is 10.0. The molecule has 1 unspecified atom stereocenters. The van der Waals surface area contributed by atoms with Crippen LogP contribution in [0.5, 0.6) is 0 Å². The Bertz CT molecular complexity index is 303. The Morgan fingerprint density at radius 3 is 2.60 bits per heavy atom. The van der Waals surface area contributed by atoms with Crippen molar-refractivity contribution in [2.75, 3.05) is 0 Å². The van der Waals surface area contributed by atoms with Crippen molar-refractivity contribution in [2.45, 2.75) is 25.3 Å². The molecule has 1 aromatic rings. The van der Waals surface area contributed by atoms with E-state index < -0.39 is 5.97 Å². The van der Waals surface area contributed by atoms with E-state index in [1.165, 1.54) is 5.56 Å². The van der Waals surface area contributed by atoms with E-state index in [-0.39, 0.29) is 12.5 Å². The lowest BCUT2D eigenvalue weighted by Crippen LogP contribution is -2.24. The summed E-state index contributed by atoms with van der Waals surface area (Å²) in [6, 6.07) is 9.76. The van der Waals surface area contributed by atoms with Gasteiger partial charge in [0.25, 0.3) is 0 Å². The van der Waals surface area contributed by atoms with Crippen LogP contribution in [-0.2, 0) is 11.2 Å². The van der Waals surface area contributed by atoms with Gasteiger partial charge in [0.05, 0.1) is 6.42 Å². The van der Waals surface area contributed by atoms with Crippen LogP contribution in [0.25, 0.3) is 0 Å². The molecule has 1 atom stereocenters. The molecule has 0 amide bonds. The number of hydrogen-bond donors (Lipinski definition) is 2. The Balaban J connectivity index is 2.37. The maximum absolute atomic E-state index is 10.5. The van der Waals surface area contributed by atoms with E-state index in [1.54, 1.807) is 0 Å². The lowest BCUT2D eigenvalue weighted by Gasteiger charge is -2.11. The van der Waals surface area contributed by atoms with Crippen LogP contribution in [0.2, 0.25) is 0 Å². The normalized spacial score (nSPS) is 12.3. The second kappa shape index (κ2) is 6.43. The number of rotatable bonds is 6. The number of aliphatic carboxylic acids is 1. The molecule has 1 rings (SSSR count). The number of carbonyl (C=O) groups is 1. The molecule has 3 nitrogen and oxygen atoms in total. The molecule has 0 heterocycles. The molecule has 15 heavy (non-hydrogen) atoms. The minimum absolute atomic E-state index is 0.0519. The second-order valence-electron chi connectivity index (χ2n) is 3.43. The van der Waals surface area contributed by atoms with Crippen LogP contribution in [0.1, 0.15) is 18.4 Å². The number of carboxylic acid groups (broad SMARTS) is 1. The average Bonchev–Trinajstić information content (AvgIpc) is 2.25. The number of hydrogen-bond acceptors (Lipinski definition) is 2. The van der Waals surface area contributed by atoms with Gasteiger partial charge in [-0.15, -0.1) is 0 Å². The fourth-order valence-electron chi connectivity index (χ4n) is 1.39. The maximum Gasteiger partial charge on any atom is 0.304 e. The van der Waals surface area contributed by atoms with E-state index in [0.29, 0.717) is 0 Å². The molecule has 0 aliphatic heterocycles. The molecule has 0 aliphatic carbocycles. The van der Waals surface area contributed by atoms with Gasteiger partial charge in [-0.05, 0) is 30.2 Å². The quantitative estimate of drug-likeness (QED) is 0.733. The molecular weight excluding hydrogens is 214 g/mol. The Morgan fingerprint density at radius 1 is 1.40 bits per heavy atom. The highest BCUT2D eigenvalue weighted by Crippen LogP contribution is 2.07. The van der Waals surface area contributed by atoms with Crippen molar-refractivity contribution in [3.05, 3.63) is 35.9 Å². The van der Waals surface area contributed by atoms with Crippen molar-refractivity contribution in [3.8, 4) is 0 Å². The minimum Gasteiger partial charge on any atom is -0.481 e. The van der Waals surface area contributed by atoms with Gasteiger partial charge in [0, 0.05) is 6.04 Å². The third-order valence-electron chi connectivity index (χ3n) is 2.20. The molecule has 1 aromatic carbocycles. The largest absolute Gasteiger partial charge is 0.481 e. The van der Waals surface area contributed by atoms with Gasteiger partial charge in [-0.1, -0.05) is 30.3 Å². The van der Waals surface area contributed by atoms with Gasteiger partial charge in [0.2, 0.25) is 0 Å². The van der Waals surface area contributed by atoms with Crippen LogP contribution < -0.4 is 4.84 Å². The van der Waals surface area contributed by atoms with Crippen LogP contribution in [0.3, 0.4) is 0 Å². The molecule has 0 saturated heterocycles. The summed E-state index contributed by atoms with van der Waals surface area (Å²) in [6.45, 7) is 0. The SMILES string of the molecule is O=C(O)CC(CCc1ccccc1)NCl. The van der Waals surface area contributed by atoms with Gasteiger partial charge in [-0.25, -0.2) is 4.84 Å². The molecule has 4 heteroatoms. The summed E-state index contributed by atoms with van der Waals surface area (Å²) < 4.78 is 0. The monoisotopic (exact) mass is 227 g/mol. The Kier molecular flexibility index (Phi) is 5.15.